The van der Waals surface area contributed by atoms with Crippen LogP contribution in [0.2, 0.25) is 0 Å². The smallest absolute Gasteiger partial charge is 0.311 e. The number of rotatable bonds is 3. The molecule has 2 N–H and O–H groups in total. The molecule has 0 radical (unpaired) electrons. The summed E-state index contributed by atoms with van der Waals surface area (Å²) in [6.07, 6.45) is 0. The molecule has 2 aromatic carbocycles. The van der Waals surface area contributed by atoms with Crippen LogP contribution in [0.1, 0.15) is 10.4 Å². The van der Waals surface area contributed by atoms with E-state index in [2.05, 4.69) is 21.2 Å². The van der Waals surface area contributed by atoms with Crippen LogP contribution in [-0.4, -0.2) is 15.9 Å². The second-order valence-corrected chi connectivity index (χ2v) is 4.87. The Morgan fingerprint density at radius 3 is 2.67 bits per heavy atom. The predicted octanol–water partition coefficient (Wildman–Crippen LogP) is 3.45. The van der Waals surface area contributed by atoms with Crippen molar-refractivity contribution in [2.24, 2.45) is 0 Å². The molecule has 0 aliphatic carbocycles. The third-order valence-electron chi connectivity index (χ3n) is 2.63. The summed E-state index contributed by atoms with van der Waals surface area (Å²) < 4.78 is 13.2. The number of nitro groups is 1. The third kappa shape index (κ3) is 3.16. The van der Waals surface area contributed by atoms with Crippen LogP contribution < -0.4 is 5.32 Å². The van der Waals surface area contributed by atoms with Gasteiger partial charge in [-0.1, -0.05) is 6.07 Å². The first-order valence-corrected chi connectivity index (χ1v) is 6.42. The van der Waals surface area contributed by atoms with Crippen molar-refractivity contribution in [1.29, 1.82) is 0 Å². The number of nitro benzene ring substituents is 1. The minimum atomic E-state index is -0.791. The number of para-hydroxylation sites is 1. The fourth-order valence-electron chi connectivity index (χ4n) is 1.63. The van der Waals surface area contributed by atoms with Gasteiger partial charge in [0.2, 0.25) is 5.75 Å². The Labute approximate surface area is 126 Å². The zero-order valence-electron chi connectivity index (χ0n) is 10.3. The molecule has 2 rings (SSSR count). The van der Waals surface area contributed by atoms with Crippen LogP contribution in [0, 0.1) is 15.9 Å². The molecule has 0 aliphatic rings. The van der Waals surface area contributed by atoms with E-state index in [0.29, 0.717) is 0 Å². The molecule has 21 heavy (non-hydrogen) atoms. The summed E-state index contributed by atoms with van der Waals surface area (Å²) in [6.45, 7) is 0. The van der Waals surface area contributed by atoms with Gasteiger partial charge in [0.25, 0.3) is 5.91 Å². The molecule has 0 fully saturated rings. The maximum absolute atomic E-state index is 13.1. The van der Waals surface area contributed by atoms with E-state index in [1.165, 1.54) is 24.3 Å². The molecule has 0 saturated heterocycles. The second kappa shape index (κ2) is 5.88. The number of aromatic hydroxyl groups is 1. The summed E-state index contributed by atoms with van der Waals surface area (Å²) in [4.78, 5) is 21.9. The quantitative estimate of drug-likeness (QED) is 0.652. The third-order valence-corrected chi connectivity index (χ3v) is 3.24. The molecule has 0 unspecified atom stereocenters. The Balaban J connectivity index is 2.30. The summed E-state index contributed by atoms with van der Waals surface area (Å²) in [5.41, 5.74) is -0.535. The van der Waals surface area contributed by atoms with E-state index in [1.54, 1.807) is 0 Å². The second-order valence-electron chi connectivity index (χ2n) is 4.01. The molecule has 0 atom stereocenters. The van der Waals surface area contributed by atoms with E-state index in [9.17, 15) is 24.4 Å². The topological polar surface area (TPSA) is 92.5 Å². The van der Waals surface area contributed by atoms with Crippen molar-refractivity contribution in [3.63, 3.8) is 0 Å². The van der Waals surface area contributed by atoms with Gasteiger partial charge in [-0.2, -0.15) is 0 Å². The maximum Gasteiger partial charge on any atom is 0.311 e. The molecule has 0 saturated carbocycles. The van der Waals surface area contributed by atoms with Crippen molar-refractivity contribution in [1.82, 2.24) is 0 Å². The largest absolute Gasteiger partial charge is 0.502 e. The molecule has 0 bridgehead atoms. The lowest BCUT2D eigenvalue weighted by Gasteiger charge is -2.07. The van der Waals surface area contributed by atoms with Crippen molar-refractivity contribution in [2.75, 3.05) is 5.32 Å². The number of hydrogen-bond donors (Lipinski definition) is 2. The van der Waals surface area contributed by atoms with Gasteiger partial charge in [-0.3, -0.25) is 14.9 Å². The number of phenols is 1. The van der Waals surface area contributed by atoms with Crippen LogP contribution in [0.4, 0.5) is 15.8 Å². The predicted molar refractivity (Wildman–Crippen MR) is 76.8 cm³/mol. The number of benzene rings is 2. The van der Waals surface area contributed by atoms with Crippen LogP contribution in [0.25, 0.3) is 0 Å². The average molecular weight is 355 g/mol. The monoisotopic (exact) mass is 354 g/mol. The SMILES string of the molecule is O=C(Nc1ccc(F)c(Br)c1)c1cccc([N+](=O)[O-])c1O. The van der Waals surface area contributed by atoms with Crippen LogP contribution >= 0.6 is 15.9 Å². The van der Waals surface area contributed by atoms with Crippen LogP contribution in [-0.2, 0) is 0 Å². The van der Waals surface area contributed by atoms with E-state index in [1.807, 2.05) is 0 Å². The highest BCUT2D eigenvalue weighted by Crippen LogP contribution is 2.30. The Bertz CT molecular complexity index is 736. The minimum absolute atomic E-state index is 0.156. The van der Waals surface area contributed by atoms with E-state index >= 15 is 0 Å². The lowest BCUT2D eigenvalue weighted by Crippen LogP contribution is -2.12. The standard InChI is InChI=1S/C13H8BrFN2O4/c14-9-6-7(4-5-10(9)15)16-13(19)8-2-1-3-11(12(8)18)17(20)21/h1-6,18H,(H,16,19). The van der Waals surface area contributed by atoms with Gasteiger partial charge in [0, 0.05) is 11.8 Å². The highest BCUT2D eigenvalue weighted by Gasteiger charge is 2.21. The first kappa shape index (κ1) is 14.9. The average Bonchev–Trinajstić information content (AvgIpc) is 2.42. The molecule has 0 aromatic heterocycles. The molecule has 8 heteroatoms. The van der Waals surface area contributed by atoms with Gasteiger partial charge in [-0.25, -0.2) is 4.39 Å². The number of anilines is 1. The van der Waals surface area contributed by atoms with Gasteiger partial charge in [-0.15, -0.1) is 0 Å². The summed E-state index contributed by atoms with van der Waals surface area (Å²) in [7, 11) is 0. The van der Waals surface area contributed by atoms with E-state index in [4.69, 9.17) is 0 Å². The van der Waals surface area contributed by atoms with E-state index < -0.39 is 28.1 Å². The summed E-state index contributed by atoms with van der Waals surface area (Å²) in [6, 6.07) is 7.42. The molecule has 0 heterocycles. The van der Waals surface area contributed by atoms with Crippen LogP contribution in [0.5, 0.6) is 5.75 Å². The minimum Gasteiger partial charge on any atom is -0.502 e. The van der Waals surface area contributed by atoms with Crippen molar-refractivity contribution < 1.29 is 19.2 Å². The summed E-state index contributed by atoms with van der Waals surface area (Å²) >= 11 is 2.97. The molecule has 1 amide bonds. The van der Waals surface area contributed by atoms with Gasteiger partial charge in [0.1, 0.15) is 5.82 Å². The molecule has 108 valence electrons. The Kier molecular flexibility index (Phi) is 4.18. The fraction of sp³-hybridized carbons (Fsp3) is 0. The van der Waals surface area contributed by atoms with Gasteiger partial charge in [0.15, 0.2) is 0 Å². The number of halogens is 2. The maximum atomic E-state index is 13.1. The van der Waals surface area contributed by atoms with Crippen molar-refractivity contribution in [3.8, 4) is 5.75 Å². The zero-order chi connectivity index (χ0) is 15.6. The highest BCUT2D eigenvalue weighted by atomic mass is 79.9. The van der Waals surface area contributed by atoms with Crippen LogP contribution in [0.15, 0.2) is 40.9 Å². The lowest BCUT2D eigenvalue weighted by atomic mass is 10.1. The van der Waals surface area contributed by atoms with Gasteiger partial charge >= 0.3 is 5.69 Å². The summed E-state index contributed by atoms with van der Waals surface area (Å²) in [5.74, 6) is -1.96. The lowest BCUT2D eigenvalue weighted by molar-refractivity contribution is -0.385. The Morgan fingerprint density at radius 2 is 2.05 bits per heavy atom. The number of nitrogens with one attached hydrogen (secondary N) is 1. The highest BCUT2D eigenvalue weighted by molar-refractivity contribution is 9.10. The van der Waals surface area contributed by atoms with Crippen molar-refractivity contribution in [3.05, 3.63) is 62.4 Å². The zero-order valence-corrected chi connectivity index (χ0v) is 11.9. The van der Waals surface area contributed by atoms with Gasteiger partial charge in [0.05, 0.1) is 15.0 Å². The van der Waals surface area contributed by atoms with Gasteiger partial charge < -0.3 is 10.4 Å². The normalized spacial score (nSPS) is 10.2. The number of carbonyl (C=O) groups excluding carboxylic acids is 1. The first-order valence-electron chi connectivity index (χ1n) is 5.63. The van der Waals surface area contributed by atoms with E-state index in [-0.39, 0.29) is 15.7 Å². The number of hydrogen-bond acceptors (Lipinski definition) is 4. The Morgan fingerprint density at radius 1 is 1.33 bits per heavy atom. The number of nitrogens with zero attached hydrogens (tertiary/aromatic N) is 1. The summed E-state index contributed by atoms with van der Waals surface area (Å²) in [5, 5.41) is 22.9. The van der Waals surface area contributed by atoms with Crippen molar-refractivity contribution in [2.45, 2.75) is 0 Å². The number of phenolic OH excluding ortho intramolecular Hbond substituents is 1. The number of amides is 1. The molecule has 0 aliphatic heterocycles. The number of carbonyl (C=O) groups is 1. The fourth-order valence-corrected chi connectivity index (χ4v) is 2.01. The first-order chi connectivity index (χ1) is 9.90. The van der Waals surface area contributed by atoms with Crippen molar-refractivity contribution >= 4 is 33.2 Å². The molecule has 0 spiro atoms. The molecular weight excluding hydrogens is 347 g/mol. The molecule has 6 nitrogen and oxygen atoms in total. The molecular formula is C13H8BrFN2O4. The van der Waals surface area contributed by atoms with Crippen LogP contribution in [0.3, 0.4) is 0 Å². The Hall–Kier alpha value is -2.48. The molecule has 2 aromatic rings. The van der Waals surface area contributed by atoms with E-state index in [0.717, 1.165) is 12.1 Å². The van der Waals surface area contributed by atoms with Gasteiger partial charge in [-0.05, 0) is 40.2 Å².